The summed E-state index contributed by atoms with van der Waals surface area (Å²) in [5, 5.41) is 0.801. The van der Waals surface area contributed by atoms with Crippen LogP contribution < -0.4 is 0 Å². The molecule has 0 aliphatic rings. The molecule has 0 aromatic carbocycles. The van der Waals surface area contributed by atoms with Crippen LogP contribution in [-0.2, 0) is 0 Å². The van der Waals surface area contributed by atoms with E-state index in [1.54, 1.807) is 6.92 Å². The molecule has 0 unspecified atom stereocenters. The molecule has 0 bridgehead atoms. The highest BCUT2D eigenvalue weighted by molar-refractivity contribution is 7.14. The fourth-order valence-corrected chi connectivity index (χ4v) is 2.30. The third kappa shape index (κ3) is 1.86. The molecular formula is C11H9FN2OS. The first-order chi connectivity index (χ1) is 7.59. The predicted molar refractivity (Wildman–Crippen MR) is 59.2 cm³/mol. The van der Waals surface area contributed by atoms with Gasteiger partial charge in [0, 0.05) is 6.20 Å². The minimum atomic E-state index is -0.599. The number of aryl methyl sites for hydroxylation is 2. The van der Waals surface area contributed by atoms with E-state index >= 15 is 0 Å². The SMILES string of the molecule is Cc1nc(C)c(C(=O)c2ccncc2F)s1. The lowest BCUT2D eigenvalue weighted by Crippen LogP contribution is -2.04. The van der Waals surface area contributed by atoms with Crippen LogP contribution in [0.5, 0.6) is 0 Å². The first kappa shape index (κ1) is 10.9. The molecule has 2 aromatic rings. The molecule has 0 aliphatic heterocycles. The molecule has 0 spiro atoms. The van der Waals surface area contributed by atoms with Gasteiger partial charge in [-0.05, 0) is 19.9 Å². The molecule has 0 amide bonds. The van der Waals surface area contributed by atoms with Crippen LogP contribution >= 0.6 is 11.3 Å². The van der Waals surface area contributed by atoms with Crippen molar-refractivity contribution in [2.24, 2.45) is 0 Å². The van der Waals surface area contributed by atoms with E-state index in [0.717, 1.165) is 11.2 Å². The fourth-order valence-electron chi connectivity index (χ4n) is 1.42. The number of hydrogen-bond acceptors (Lipinski definition) is 4. The van der Waals surface area contributed by atoms with Gasteiger partial charge in [0.2, 0.25) is 5.78 Å². The molecule has 82 valence electrons. The molecule has 2 heterocycles. The average molecular weight is 236 g/mol. The van der Waals surface area contributed by atoms with Gasteiger partial charge in [-0.1, -0.05) is 0 Å². The summed E-state index contributed by atoms with van der Waals surface area (Å²) in [4.78, 5) is 20.2. The summed E-state index contributed by atoms with van der Waals surface area (Å²) in [6.07, 6.45) is 2.44. The van der Waals surface area contributed by atoms with E-state index in [1.165, 1.54) is 23.6 Å². The van der Waals surface area contributed by atoms with Crippen molar-refractivity contribution in [1.82, 2.24) is 9.97 Å². The van der Waals surface area contributed by atoms with Crippen LogP contribution in [0.3, 0.4) is 0 Å². The molecule has 16 heavy (non-hydrogen) atoms. The topological polar surface area (TPSA) is 42.9 Å². The van der Waals surface area contributed by atoms with Gasteiger partial charge in [0.25, 0.3) is 0 Å². The van der Waals surface area contributed by atoms with Crippen LogP contribution in [0.1, 0.15) is 25.9 Å². The maximum Gasteiger partial charge on any atom is 0.207 e. The molecule has 0 fully saturated rings. The summed E-state index contributed by atoms with van der Waals surface area (Å²) >= 11 is 1.28. The number of carbonyl (C=O) groups excluding carboxylic acids is 1. The lowest BCUT2D eigenvalue weighted by Gasteiger charge is -1.99. The number of pyridine rings is 1. The lowest BCUT2D eigenvalue weighted by atomic mass is 10.1. The number of hydrogen-bond donors (Lipinski definition) is 0. The van der Waals surface area contributed by atoms with Crippen LogP contribution in [0.15, 0.2) is 18.5 Å². The van der Waals surface area contributed by atoms with E-state index in [9.17, 15) is 9.18 Å². The van der Waals surface area contributed by atoms with Crippen LogP contribution in [0.4, 0.5) is 4.39 Å². The molecular weight excluding hydrogens is 227 g/mol. The molecule has 2 aromatic heterocycles. The zero-order valence-corrected chi connectivity index (χ0v) is 9.64. The summed E-state index contributed by atoms with van der Waals surface area (Å²) in [6, 6.07) is 1.38. The fraction of sp³-hybridized carbons (Fsp3) is 0.182. The second-order valence-electron chi connectivity index (χ2n) is 3.33. The standard InChI is InChI=1S/C11H9FN2OS/c1-6-11(16-7(2)14-6)10(15)8-3-4-13-5-9(8)12/h3-5H,1-2H3. The van der Waals surface area contributed by atoms with Crippen molar-refractivity contribution in [3.05, 3.63) is 45.4 Å². The third-order valence-corrected chi connectivity index (χ3v) is 3.20. The molecule has 0 aliphatic carbocycles. The van der Waals surface area contributed by atoms with Gasteiger partial charge in [-0.25, -0.2) is 9.37 Å². The van der Waals surface area contributed by atoms with Gasteiger partial charge in [0.1, 0.15) is 0 Å². The van der Waals surface area contributed by atoms with Crippen molar-refractivity contribution in [3.8, 4) is 0 Å². The van der Waals surface area contributed by atoms with E-state index in [-0.39, 0.29) is 11.3 Å². The average Bonchev–Trinajstić information content (AvgIpc) is 2.58. The number of nitrogens with zero attached hydrogens (tertiary/aromatic N) is 2. The van der Waals surface area contributed by atoms with Crippen molar-refractivity contribution in [1.29, 1.82) is 0 Å². The van der Waals surface area contributed by atoms with Gasteiger partial charge in [-0.3, -0.25) is 9.78 Å². The summed E-state index contributed by atoms with van der Waals surface area (Å²) in [5.74, 6) is -0.930. The van der Waals surface area contributed by atoms with Gasteiger partial charge < -0.3 is 0 Å². The van der Waals surface area contributed by atoms with Crippen LogP contribution in [0.2, 0.25) is 0 Å². The highest BCUT2D eigenvalue weighted by Gasteiger charge is 2.18. The Labute approximate surface area is 96.0 Å². The monoisotopic (exact) mass is 236 g/mol. The number of thiazole rings is 1. The van der Waals surface area contributed by atoms with E-state index < -0.39 is 5.82 Å². The first-order valence-electron chi connectivity index (χ1n) is 4.68. The van der Waals surface area contributed by atoms with E-state index in [0.29, 0.717) is 10.6 Å². The Morgan fingerprint density at radius 1 is 1.44 bits per heavy atom. The van der Waals surface area contributed by atoms with E-state index in [1.807, 2.05) is 6.92 Å². The van der Waals surface area contributed by atoms with Gasteiger partial charge >= 0.3 is 0 Å². The molecule has 0 radical (unpaired) electrons. The largest absolute Gasteiger partial charge is 0.288 e. The van der Waals surface area contributed by atoms with Crippen molar-refractivity contribution in [2.75, 3.05) is 0 Å². The van der Waals surface area contributed by atoms with Crippen molar-refractivity contribution in [2.45, 2.75) is 13.8 Å². The molecule has 5 heteroatoms. The highest BCUT2D eigenvalue weighted by Crippen LogP contribution is 2.21. The molecule has 0 atom stereocenters. The van der Waals surface area contributed by atoms with Crippen molar-refractivity contribution < 1.29 is 9.18 Å². The number of carbonyl (C=O) groups is 1. The summed E-state index contributed by atoms with van der Waals surface area (Å²) in [6.45, 7) is 3.56. The Morgan fingerprint density at radius 3 is 2.75 bits per heavy atom. The zero-order chi connectivity index (χ0) is 11.7. The van der Waals surface area contributed by atoms with Gasteiger partial charge in [-0.2, -0.15) is 0 Å². The maximum absolute atomic E-state index is 13.4. The van der Waals surface area contributed by atoms with E-state index in [4.69, 9.17) is 0 Å². The minimum Gasteiger partial charge on any atom is -0.288 e. The number of ketones is 1. The number of aromatic nitrogens is 2. The summed E-state index contributed by atoms with van der Waals surface area (Å²) < 4.78 is 13.4. The number of rotatable bonds is 2. The normalized spacial score (nSPS) is 10.4. The third-order valence-electron chi connectivity index (χ3n) is 2.13. The Hall–Kier alpha value is -1.62. The Balaban J connectivity index is 2.47. The van der Waals surface area contributed by atoms with Gasteiger partial charge in [-0.15, -0.1) is 11.3 Å². The van der Waals surface area contributed by atoms with Crippen molar-refractivity contribution >= 4 is 17.1 Å². The molecule has 0 saturated carbocycles. The quantitative estimate of drug-likeness (QED) is 0.752. The van der Waals surface area contributed by atoms with E-state index in [2.05, 4.69) is 9.97 Å². The van der Waals surface area contributed by atoms with Crippen molar-refractivity contribution in [3.63, 3.8) is 0 Å². The predicted octanol–water partition coefficient (Wildman–Crippen LogP) is 2.53. The Kier molecular flexibility index (Phi) is 2.78. The second-order valence-corrected chi connectivity index (χ2v) is 4.54. The van der Waals surface area contributed by atoms with Crippen LogP contribution in [-0.4, -0.2) is 15.8 Å². The molecule has 2 rings (SSSR count). The zero-order valence-electron chi connectivity index (χ0n) is 8.82. The molecule has 0 saturated heterocycles. The van der Waals surface area contributed by atoms with Crippen LogP contribution in [0, 0.1) is 19.7 Å². The van der Waals surface area contributed by atoms with Crippen LogP contribution in [0.25, 0.3) is 0 Å². The highest BCUT2D eigenvalue weighted by atomic mass is 32.1. The lowest BCUT2D eigenvalue weighted by molar-refractivity contribution is 0.103. The maximum atomic E-state index is 13.4. The minimum absolute atomic E-state index is 0.0433. The first-order valence-corrected chi connectivity index (χ1v) is 5.49. The summed E-state index contributed by atoms with van der Waals surface area (Å²) in [7, 11) is 0. The van der Waals surface area contributed by atoms with Gasteiger partial charge in [0.15, 0.2) is 5.82 Å². The number of halogens is 1. The second kappa shape index (κ2) is 4.09. The Morgan fingerprint density at radius 2 is 2.19 bits per heavy atom. The molecule has 0 N–H and O–H groups in total. The van der Waals surface area contributed by atoms with Gasteiger partial charge in [0.05, 0.1) is 27.3 Å². The summed E-state index contributed by atoms with van der Waals surface area (Å²) in [5.41, 5.74) is 0.686. The molecule has 3 nitrogen and oxygen atoms in total. The Bertz CT molecular complexity index is 551. The smallest absolute Gasteiger partial charge is 0.207 e.